The lowest BCUT2D eigenvalue weighted by Crippen LogP contribution is -2.32. The number of pyridine rings is 1. The van der Waals surface area contributed by atoms with Crippen LogP contribution >= 0.6 is 24.8 Å². The normalized spacial score (nSPS) is 20.9. The summed E-state index contributed by atoms with van der Waals surface area (Å²) in [5.74, 6) is 2.28. The third kappa shape index (κ3) is 5.37. The maximum atomic E-state index is 12.9. The minimum absolute atomic E-state index is 0. The van der Waals surface area contributed by atoms with Crippen molar-refractivity contribution in [1.29, 1.82) is 0 Å². The molecule has 2 saturated heterocycles. The second-order valence-corrected chi connectivity index (χ2v) is 7.23. The second-order valence-electron chi connectivity index (χ2n) is 7.23. The van der Waals surface area contributed by atoms with Crippen LogP contribution in [0.1, 0.15) is 28.8 Å². The van der Waals surface area contributed by atoms with E-state index in [9.17, 15) is 4.79 Å². The monoisotopic (exact) mass is 423 g/mol. The number of rotatable bonds is 4. The second kappa shape index (κ2) is 10.6. The van der Waals surface area contributed by atoms with Gasteiger partial charge < -0.3 is 15.0 Å². The van der Waals surface area contributed by atoms with Crippen molar-refractivity contribution in [3.63, 3.8) is 0 Å². The minimum Gasteiger partial charge on any atom is -0.489 e. The van der Waals surface area contributed by atoms with Gasteiger partial charge in [0.15, 0.2) is 0 Å². The van der Waals surface area contributed by atoms with Gasteiger partial charge in [-0.05, 0) is 62.0 Å². The van der Waals surface area contributed by atoms with Gasteiger partial charge in [-0.25, -0.2) is 0 Å². The zero-order chi connectivity index (χ0) is 17.8. The molecule has 28 heavy (non-hydrogen) atoms. The van der Waals surface area contributed by atoms with Gasteiger partial charge in [0.1, 0.15) is 12.4 Å². The fourth-order valence-corrected chi connectivity index (χ4v) is 3.97. The van der Waals surface area contributed by atoms with Crippen molar-refractivity contribution in [2.24, 2.45) is 11.8 Å². The van der Waals surface area contributed by atoms with Crippen molar-refractivity contribution in [1.82, 2.24) is 15.2 Å². The number of aromatic nitrogens is 1. The molecule has 0 saturated carbocycles. The molecule has 4 rings (SSSR count). The number of hydrogen-bond donors (Lipinski definition) is 1. The van der Waals surface area contributed by atoms with Crippen molar-refractivity contribution < 1.29 is 9.53 Å². The smallest absolute Gasteiger partial charge is 0.253 e. The number of amides is 1. The number of carbonyl (C=O) groups excluding carboxylic acids is 1. The van der Waals surface area contributed by atoms with Gasteiger partial charge >= 0.3 is 0 Å². The molecule has 152 valence electrons. The van der Waals surface area contributed by atoms with E-state index in [0.717, 1.165) is 62.2 Å². The van der Waals surface area contributed by atoms with Crippen LogP contribution in [0.4, 0.5) is 0 Å². The Bertz CT molecular complexity index is 746. The summed E-state index contributed by atoms with van der Waals surface area (Å²) in [4.78, 5) is 19.0. The van der Waals surface area contributed by atoms with Crippen molar-refractivity contribution >= 4 is 30.7 Å². The molecule has 1 aromatic heterocycles. The first-order valence-corrected chi connectivity index (χ1v) is 9.41. The number of carbonyl (C=O) groups is 1. The Morgan fingerprint density at radius 1 is 1.11 bits per heavy atom. The summed E-state index contributed by atoms with van der Waals surface area (Å²) in [6.07, 6.45) is 5.73. The summed E-state index contributed by atoms with van der Waals surface area (Å²) in [5.41, 5.74) is 1.72. The number of ether oxygens (including phenoxy) is 1. The van der Waals surface area contributed by atoms with E-state index in [0.29, 0.717) is 12.2 Å². The molecule has 2 atom stereocenters. The van der Waals surface area contributed by atoms with Crippen molar-refractivity contribution in [3.8, 4) is 5.75 Å². The maximum Gasteiger partial charge on any atom is 0.253 e. The van der Waals surface area contributed by atoms with Crippen molar-refractivity contribution in [2.45, 2.75) is 19.4 Å². The molecule has 0 spiro atoms. The molecule has 1 N–H and O–H groups in total. The third-order valence-corrected chi connectivity index (χ3v) is 5.52. The highest BCUT2D eigenvalue weighted by molar-refractivity contribution is 5.94. The van der Waals surface area contributed by atoms with E-state index in [2.05, 4.69) is 10.3 Å². The van der Waals surface area contributed by atoms with Gasteiger partial charge in [-0.2, -0.15) is 0 Å². The molecule has 0 unspecified atom stereocenters. The molecule has 1 amide bonds. The number of nitrogens with zero attached hydrogens (tertiary/aromatic N) is 2. The van der Waals surface area contributed by atoms with Crippen LogP contribution in [0.2, 0.25) is 0 Å². The Kier molecular flexibility index (Phi) is 8.55. The number of hydrogen-bond acceptors (Lipinski definition) is 4. The highest BCUT2D eigenvalue weighted by Gasteiger charge is 2.31. The van der Waals surface area contributed by atoms with E-state index in [-0.39, 0.29) is 30.7 Å². The first-order chi connectivity index (χ1) is 12.8. The van der Waals surface area contributed by atoms with Gasteiger partial charge in [-0.3, -0.25) is 9.78 Å². The van der Waals surface area contributed by atoms with Crippen LogP contribution in [0.5, 0.6) is 5.75 Å². The quantitative estimate of drug-likeness (QED) is 0.816. The van der Waals surface area contributed by atoms with Crippen LogP contribution in [0.15, 0.2) is 48.8 Å². The molecule has 0 aliphatic carbocycles. The number of likely N-dealkylation sites (tertiary alicyclic amines) is 1. The van der Waals surface area contributed by atoms with Crippen LogP contribution < -0.4 is 10.1 Å². The van der Waals surface area contributed by atoms with Crippen molar-refractivity contribution in [2.75, 3.05) is 26.2 Å². The SMILES string of the molecule is Cl.Cl.O=C(c1cccc(OCc2cccnc2)c1)N1CC[C@@H]2CNC[C@@H]2CC1. The van der Waals surface area contributed by atoms with Gasteiger partial charge in [0.2, 0.25) is 0 Å². The minimum atomic E-state index is 0. The largest absolute Gasteiger partial charge is 0.489 e. The Balaban J connectivity index is 0.00000140. The molecule has 0 radical (unpaired) electrons. The van der Waals surface area contributed by atoms with E-state index >= 15 is 0 Å². The first-order valence-electron chi connectivity index (χ1n) is 9.41. The lowest BCUT2D eigenvalue weighted by molar-refractivity contribution is 0.0758. The topological polar surface area (TPSA) is 54.5 Å². The molecule has 1 aromatic carbocycles. The van der Waals surface area contributed by atoms with Crippen LogP contribution in [-0.4, -0.2) is 42.0 Å². The van der Waals surface area contributed by atoms with Gasteiger partial charge in [-0.15, -0.1) is 24.8 Å². The fourth-order valence-electron chi connectivity index (χ4n) is 3.97. The lowest BCUT2D eigenvalue weighted by atomic mass is 9.92. The summed E-state index contributed by atoms with van der Waals surface area (Å²) in [6.45, 7) is 4.35. The highest BCUT2D eigenvalue weighted by Crippen LogP contribution is 2.28. The Hall–Kier alpha value is -1.82. The number of benzene rings is 1. The zero-order valence-corrected chi connectivity index (χ0v) is 17.4. The Labute approximate surface area is 178 Å². The Morgan fingerprint density at radius 3 is 2.54 bits per heavy atom. The van der Waals surface area contributed by atoms with E-state index in [1.165, 1.54) is 0 Å². The van der Waals surface area contributed by atoms with Crippen molar-refractivity contribution in [3.05, 3.63) is 59.9 Å². The molecular formula is C21H27Cl2N3O2. The van der Waals surface area contributed by atoms with Gasteiger partial charge in [-0.1, -0.05) is 12.1 Å². The third-order valence-electron chi connectivity index (χ3n) is 5.52. The molecule has 2 aliphatic rings. The number of halogens is 2. The average molecular weight is 424 g/mol. The predicted molar refractivity (Wildman–Crippen MR) is 114 cm³/mol. The van der Waals surface area contributed by atoms with E-state index in [4.69, 9.17) is 4.74 Å². The molecular weight excluding hydrogens is 397 g/mol. The molecule has 5 nitrogen and oxygen atoms in total. The number of fused-ring (bicyclic) bond motifs is 1. The number of nitrogens with one attached hydrogen (secondary N) is 1. The summed E-state index contributed by atoms with van der Waals surface area (Å²) in [5, 5.41) is 3.48. The predicted octanol–water partition coefficient (Wildman–Crippen LogP) is 3.58. The van der Waals surface area contributed by atoms with Crippen LogP contribution in [0, 0.1) is 11.8 Å². The standard InChI is InChI=1S/C21H25N3O2.2ClH/c25-21(24-9-6-18-13-23-14-19(18)7-10-24)17-4-1-5-20(11-17)26-15-16-3-2-8-22-12-16;;/h1-5,8,11-12,18-19,23H,6-7,9-10,13-15H2;2*1H/t18-,19+;;. The van der Waals surface area contributed by atoms with E-state index in [1.54, 1.807) is 12.4 Å². The molecule has 3 heterocycles. The molecule has 2 aromatic rings. The van der Waals surface area contributed by atoms with Gasteiger partial charge in [0.25, 0.3) is 5.91 Å². The summed E-state index contributed by atoms with van der Waals surface area (Å²) in [7, 11) is 0. The first kappa shape index (κ1) is 22.5. The highest BCUT2D eigenvalue weighted by atomic mass is 35.5. The summed E-state index contributed by atoms with van der Waals surface area (Å²) >= 11 is 0. The van der Waals surface area contributed by atoms with Gasteiger partial charge in [0, 0.05) is 36.6 Å². The van der Waals surface area contributed by atoms with Gasteiger partial charge in [0.05, 0.1) is 0 Å². The van der Waals surface area contributed by atoms with Crippen LogP contribution in [0.25, 0.3) is 0 Å². The summed E-state index contributed by atoms with van der Waals surface area (Å²) < 4.78 is 5.84. The fraction of sp³-hybridized carbons (Fsp3) is 0.429. The molecule has 2 aliphatic heterocycles. The molecule has 7 heteroatoms. The molecule has 0 bridgehead atoms. The zero-order valence-electron chi connectivity index (χ0n) is 15.8. The van der Waals surface area contributed by atoms with E-state index < -0.39 is 0 Å². The molecule has 2 fully saturated rings. The maximum absolute atomic E-state index is 12.9. The lowest BCUT2D eigenvalue weighted by Gasteiger charge is -2.21. The van der Waals surface area contributed by atoms with E-state index in [1.807, 2.05) is 41.3 Å². The average Bonchev–Trinajstić information content (AvgIpc) is 3.05. The summed E-state index contributed by atoms with van der Waals surface area (Å²) in [6, 6.07) is 11.4. The Morgan fingerprint density at radius 2 is 1.86 bits per heavy atom. The van der Waals surface area contributed by atoms with Crippen LogP contribution in [-0.2, 0) is 6.61 Å². The van der Waals surface area contributed by atoms with Crippen LogP contribution in [0.3, 0.4) is 0 Å².